The Morgan fingerprint density at radius 3 is 1.63 bits per heavy atom. The molecular formula is C55H35N3O. The van der Waals surface area contributed by atoms with E-state index in [1.54, 1.807) is 0 Å². The van der Waals surface area contributed by atoms with E-state index in [4.69, 9.17) is 19.4 Å². The summed E-state index contributed by atoms with van der Waals surface area (Å²) in [5, 5.41) is 4.30. The van der Waals surface area contributed by atoms with Gasteiger partial charge in [-0.3, -0.25) is 0 Å². The molecular weight excluding hydrogens is 719 g/mol. The van der Waals surface area contributed by atoms with Crippen molar-refractivity contribution < 1.29 is 4.42 Å². The van der Waals surface area contributed by atoms with Crippen LogP contribution in [-0.4, -0.2) is 15.0 Å². The first-order valence-electron chi connectivity index (χ1n) is 19.8. The summed E-state index contributed by atoms with van der Waals surface area (Å²) in [5.74, 6) is 1.51. The molecule has 0 radical (unpaired) electrons. The quantitative estimate of drug-likeness (QED) is 0.163. The van der Waals surface area contributed by atoms with Crippen LogP contribution in [0.2, 0.25) is 0 Å². The fourth-order valence-electron chi connectivity index (χ4n) is 8.16. The van der Waals surface area contributed by atoms with Gasteiger partial charge in [-0.15, -0.1) is 0 Å². The van der Waals surface area contributed by atoms with E-state index in [0.29, 0.717) is 5.82 Å². The fourth-order valence-corrected chi connectivity index (χ4v) is 8.16. The minimum atomic E-state index is 0.690. The lowest BCUT2D eigenvalue weighted by atomic mass is 9.93. The van der Waals surface area contributed by atoms with Crippen LogP contribution < -0.4 is 0 Å². The molecule has 0 saturated heterocycles. The van der Waals surface area contributed by atoms with Gasteiger partial charge >= 0.3 is 0 Å². The molecule has 0 aliphatic carbocycles. The highest BCUT2D eigenvalue weighted by Crippen LogP contribution is 2.47. The minimum absolute atomic E-state index is 0.690. The summed E-state index contributed by atoms with van der Waals surface area (Å²) < 4.78 is 7.14. The van der Waals surface area contributed by atoms with Crippen molar-refractivity contribution in [2.45, 2.75) is 0 Å². The Morgan fingerprint density at radius 1 is 0.339 bits per heavy atom. The lowest BCUT2D eigenvalue weighted by molar-refractivity contribution is 0.636. The van der Waals surface area contributed by atoms with Crippen molar-refractivity contribution in [3.63, 3.8) is 0 Å². The van der Waals surface area contributed by atoms with Gasteiger partial charge in [0.15, 0.2) is 5.82 Å². The third kappa shape index (κ3) is 6.34. The number of hydrogen-bond donors (Lipinski definition) is 0. The molecule has 8 aromatic carbocycles. The van der Waals surface area contributed by atoms with Crippen LogP contribution in [0.3, 0.4) is 0 Å². The van der Waals surface area contributed by atoms with Crippen molar-refractivity contribution in [3.05, 3.63) is 212 Å². The van der Waals surface area contributed by atoms with Crippen molar-refractivity contribution >= 4 is 32.6 Å². The average Bonchev–Trinajstić information content (AvgIpc) is 3.73. The lowest BCUT2D eigenvalue weighted by Gasteiger charge is -2.12. The molecule has 0 bridgehead atoms. The maximum atomic E-state index is 7.14. The van der Waals surface area contributed by atoms with Crippen LogP contribution in [0.15, 0.2) is 217 Å². The van der Waals surface area contributed by atoms with E-state index in [2.05, 4.69) is 170 Å². The van der Waals surface area contributed by atoms with Gasteiger partial charge in [0.2, 0.25) is 0 Å². The van der Waals surface area contributed by atoms with Gasteiger partial charge in [-0.05, 0) is 57.8 Å². The second-order valence-corrected chi connectivity index (χ2v) is 14.8. The van der Waals surface area contributed by atoms with Gasteiger partial charge in [0.05, 0.1) is 28.0 Å². The Bertz CT molecular complexity index is 3250. The maximum absolute atomic E-state index is 7.14. The van der Waals surface area contributed by atoms with Crippen LogP contribution in [0, 0.1) is 0 Å². The second kappa shape index (κ2) is 14.5. The lowest BCUT2D eigenvalue weighted by Crippen LogP contribution is -1.96. The molecule has 0 aliphatic heterocycles. The first-order valence-corrected chi connectivity index (χ1v) is 19.8. The topological polar surface area (TPSA) is 51.8 Å². The van der Waals surface area contributed by atoms with Gasteiger partial charge in [-0.25, -0.2) is 15.0 Å². The van der Waals surface area contributed by atoms with Crippen LogP contribution in [0.4, 0.5) is 0 Å². The SMILES string of the molecule is c1ccc(-c2cc(-c3cccc(-c4ccc5nc(-c6ccc7ccccc7c6)c6c(-c7ccccc7)c(-c7ccccc7)oc6c5c4)c3)nc(-c3ccccc3)n2)cc1. The highest BCUT2D eigenvalue weighted by molar-refractivity contribution is 6.17. The molecule has 0 unspecified atom stereocenters. The van der Waals surface area contributed by atoms with Gasteiger partial charge in [0, 0.05) is 38.8 Å². The number of pyridine rings is 1. The van der Waals surface area contributed by atoms with Crippen molar-refractivity contribution in [2.75, 3.05) is 0 Å². The molecule has 4 nitrogen and oxygen atoms in total. The number of rotatable bonds is 7. The molecule has 4 heteroatoms. The Balaban J connectivity index is 1.12. The van der Waals surface area contributed by atoms with Gasteiger partial charge in [-0.1, -0.05) is 182 Å². The van der Waals surface area contributed by atoms with Gasteiger partial charge in [0.1, 0.15) is 11.3 Å². The summed E-state index contributed by atoms with van der Waals surface area (Å²) in [6, 6.07) is 73.7. The monoisotopic (exact) mass is 753 g/mol. The minimum Gasteiger partial charge on any atom is -0.455 e. The Kier molecular flexibility index (Phi) is 8.45. The smallest absolute Gasteiger partial charge is 0.160 e. The molecule has 0 N–H and O–H groups in total. The summed E-state index contributed by atoms with van der Waals surface area (Å²) in [4.78, 5) is 15.6. The van der Waals surface area contributed by atoms with E-state index < -0.39 is 0 Å². The zero-order valence-corrected chi connectivity index (χ0v) is 32.0. The van der Waals surface area contributed by atoms with Gasteiger partial charge < -0.3 is 4.42 Å². The van der Waals surface area contributed by atoms with Gasteiger partial charge in [-0.2, -0.15) is 0 Å². The summed E-state index contributed by atoms with van der Waals surface area (Å²) in [5.41, 5.74) is 13.6. The van der Waals surface area contributed by atoms with Crippen LogP contribution in [0.1, 0.15) is 0 Å². The van der Waals surface area contributed by atoms with Crippen molar-refractivity contribution in [3.8, 4) is 78.7 Å². The molecule has 0 atom stereocenters. The van der Waals surface area contributed by atoms with E-state index >= 15 is 0 Å². The molecule has 276 valence electrons. The number of benzene rings is 8. The van der Waals surface area contributed by atoms with E-state index in [0.717, 1.165) is 94.8 Å². The molecule has 3 aromatic heterocycles. The van der Waals surface area contributed by atoms with Crippen LogP contribution in [0.5, 0.6) is 0 Å². The third-order valence-electron chi connectivity index (χ3n) is 11.1. The molecule has 0 amide bonds. The number of nitrogens with zero attached hydrogens (tertiary/aromatic N) is 3. The van der Waals surface area contributed by atoms with Crippen molar-refractivity contribution in [1.29, 1.82) is 0 Å². The fraction of sp³-hybridized carbons (Fsp3) is 0. The maximum Gasteiger partial charge on any atom is 0.160 e. The molecule has 11 rings (SSSR count). The zero-order chi connectivity index (χ0) is 39.1. The van der Waals surface area contributed by atoms with Crippen LogP contribution >= 0.6 is 0 Å². The van der Waals surface area contributed by atoms with E-state index in [1.165, 1.54) is 10.8 Å². The Morgan fingerprint density at radius 2 is 0.898 bits per heavy atom. The third-order valence-corrected chi connectivity index (χ3v) is 11.1. The van der Waals surface area contributed by atoms with Crippen LogP contribution in [0.25, 0.3) is 111 Å². The summed E-state index contributed by atoms with van der Waals surface area (Å²) >= 11 is 0. The van der Waals surface area contributed by atoms with Crippen molar-refractivity contribution in [2.24, 2.45) is 0 Å². The molecule has 0 fully saturated rings. The second-order valence-electron chi connectivity index (χ2n) is 14.8. The van der Waals surface area contributed by atoms with E-state index in [1.807, 2.05) is 42.5 Å². The largest absolute Gasteiger partial charge is 0.455 e. The highest BCUT2D eigenvalue weighted by atomic mass is 16.3. The van der Waals surface area contributed by atoms with Gasteiger partial charge in [0.25, 0.3) is 0 Å². The number of aromatic nitrogens is 3. The van der Waals surface area contributed by atoms with Crippen molar-refractivity contribution in [1.82, 2.24) is 15.0 Å². The standard InChI is InChI=1S/C55H35N3O/c1-5-17-37(18-6-1)48-35-49(58-55(57-48)40-23-11-4-12-24-40)44-27-15-26-42(32-44)43-30-31-47-46(34-43)54-51(52(56-47)45-29-28-36-16-13-14-25-41(36)33-45)50(38-19-7-2-8-20-38)53(59-54)39-21-9-3-10-22-39/h1-35H. The molecule has 0 saturated carbocycles. The van der Waals surface area contributed by atoms with E-state index in [-0.39, 0.29) is 0 Å². The first kappa shape index (κ1) is 34.3. The zero-order valence-electron chi connectivity index (χ0n) is 32.0. The summed E-state index contributed by atoms with van der Waals surface area (Å²) in [7, 11) is 0. The molecule has 59 heavy (non-hydrogen) atoms. The molecule has 3 heterocycles. The summed E-state index contributed by atoms with van der Waals surface area (Å²) in [6.45, 7) is 0. The highest BCUT2D eigenvalue weighted by Gasteiger charge is 2.25. The molecule has 0 spiro atoms. The first-order chi connectivity index (χ1) is 29.2. The van der Waals surface area contributed by atoms with Crippen LogP contribution in [-0.2, 0) is 0 Å². The number of fused-ring (bicyclic) bond motifs is 4. The Labute approximate surface area is 341 Å². The normalized spacial score (nSPS) is 11.4. The average molecular weight is 754 g/mol. The molecule has 0 aliphatic rings. The predicted octanol–water partition coefficient (Wildman–Crippen LogP) is 14.6. The van der Waals surface area contributed by atoms with E-state index in [9.17, 15) is 0 Å². The number of furan rings is 1. The number of hydrogen-bond acceptors (Lipinski definition) is 4. The Hall–Kier alpha value is -7.95. The summed E-state index contributed by atoms with van der Waals surface area (Å²) in [6.07, 6.45) is 0. The predicted molar refractivity (Wildman–Crippen MR) is 243 cm³/mol. The molecule has 11 aromatic rings.